The van der Waals surface area contributed by atoms with Crippen molar-refractivity contribution in [3.05, 3.63) is 34.4 Å². The molecule has 0 N–H and O–H groups in total. The second-order valence-electron chi connectivity index (χ2n) is 6.78. The lowest BCUT2D eigenvalue weighted by atomic mass is 9.77. The normalized spacial score (nSPS) is 22.7. The fraction of sp³-hybridized carbons (Fsp3) is 0.700. The molecule has 2 aliphatic carbocycles. The number of rotatable bonds is 3. The number of hydrogen-bond acceptors (Lipinski definition) is 0. The summed E-state index contributed by atoms with van der Waals surface area (Å²) in [6.45, 7) is 5.87. The molecule has 1 aromatic carbocycles. The van der Waals surface area contributed by atoms with Crippen LogP contribution in [0.1, 0.15) is 76.0 Å². The fourth-order valence-corrected chi connectivity index (χ4v) is 4.26. The molecule has 0 spiro atoms. The van der Waals surface area contributed by atoms with Gasteiger partial charge in [-0.1, -0.05) is 52.5 Å². The zero-order chi connectivity index (χ0) is 17.9. The van der Waals surface area contributed by atoms with E-state index in [1.54, 1.807) is 0 Å². The largest absolute Gasteiger partial charge is 0.279 e. The van der Waals surface area contributed by atoms with Gasteiger partial charge in [-0.15, -0.1) is 0 Å². The standard InChI is InChI=1S/C18H22F4.C2H6/c1-2-6-12-9-13-10-14(11-7-4-3-5-8-11)18(21,22)15(13)17(20)16(12)19;1-2/h9,11,14H,2-8,10H2,1H3;1-2H3. The molecule has 0 heterocycles. The third kappa shape index (κ3) is 3.34. The van der Waals surface area contributed by atoms with Gasteiger partial charge in [-0.05, 0) is 42.7 Å². The van der Waals surface area contributed by atoms with E-state index in [1.165, 1.54) is 6.07 Å². The van der Waals surface area contributed by atoms with Gasteiger partial charge < -0.3 is 0 Å². The van der Waals surface area contributed by atoms with E-state index in [4.69, 9.17) is 0 Å². The van der Waals surface area contributed by atoms with Gasteiger partial charge in [0, 0.05) is 5.92 Å². The number of aryl methyl sites for hydroxylation is 1. The number of fused-ring (bicyclic) bond motifs is 1. The summed E-state index contributed by atoms with van der Waals surface area (Å²) in [5.74, 6) is -6.58. The molecular weight excluding hydrogens is 316 g/mol. The summed E-state index contributed by atoms with van der Waals surface area (Å²) in [6, 6.07) is 1.48. The van der Waals surface area contributed by atoms with Gasteiger partial charge in [0.1, 0.15) is 0 Å². The molecule has 1 aromatic rings. The second-order valence-corrected chi connectivity index (χ2v) is 6.78. The van der Waals surface area contributed by atoms with Gasteiger partial charge in [0.15, 0.2) is 11.6 Å². The molecule has 0 radical (unpaired) electrons. The minimum atomic E-state index is -3.24. The first-order chi connectivity index (χ1) is 11.5. The van der Waals surface area contributed by atoms with Gasteiger partial charge in [0.2, 0.25) is 0 Å². The minimum Gasteiger partial charge on any atom is -0.203 e. The van der Waals surface area contributed by atoms with E-state index in [0.717, 1.165) is 32.1 Å². The van der Waals surface area contributed by atoms with E-state index in [1.807, 2.05) is 20.8 Å². The summed E-state index contributed by atoms with van der Waals surface area (Å²) in [7, 11) is 0. The number of hydrogen-bond donors (Lipinski definition) is 0. The maximum absolute atomic E-state index is 14.7. The molecule has 0 nitrogen and oxygen atoms in total. The van der Waals surface area contributed by atoms with Crippen molar-refractivity contribution in [3.8, 4) is 0 Å². The van der Waals surface area contributed by atoms with E-state index in [2.05, 4.69) is 0 Å². The van der Waals surface area contributed by atoms with E-state index in [9.17, 15) is 17.6 Å². The first kappa shape index (κ1) is 19.3. The first-order valence-corrected chi connectivity index (χ1v) is 9.34. The lowest BCUT2D eigenvalue weighted by Crippen LogP contribution is -2.30. The fourth-order valence-electron chi connectivity index (χ4n) is 4.26. The van der Waals surface area contributed by atoms with Crippen LogP contribution in [0.15, 0.2) is 6.07 Å². The van der Waals surface area contributed by atoms with Crippen molar-refractivity contribution in [2.45, 2.75) is 78.1 Å². The zero-order valence-corrected chi connectivity index (χ0v) is 14.9. The molecule has 136 valence electrons. The topological polar surface area (TPSA) is 0 Å². The molecule has 4 heteroatoms. The molecule has 1 saturated carbocycles. The van der Waals surface area contributed by atoms with Crippen molar-refractivity contribution in [2.24, 2.45) is 11.8 Å². The van der Waals surface area contributed by atoms with Gasteiger partial charge >= 0.3 is 0 Å². The Morgan fingerprint density at radius 2 is 1.67 bits per heavy atom. The summed E-state index contributed by atoms with van der Waals surface area (Å²) < 4.78 is 57.8. The molecule has 0 saturated heterocycles. The predicted molar refractivity (Wildman–Crippen MR) is 89.4 cm³/mol. The molecule has 2 aliphatic rings. The van der Waals surface area contributed by atoms with Crippen LogP contribution in [0.25, 0.3) is 0 Å². The third-order valence-electron chi connectivity index (χ3n) is 5.34. The summed E-state index contributed by atoms with van der Waals surface area (Å²) in [5, 5.41) is 0. The molecule has 24 heavy (non-hydrogen) atoms. The Hall–Kier alpha value is -1.06. The third-order valence-corrected chi connectivity index (χ3v) is 5.34. The van der Waals surface area contributed by atoms with Crippen molar-refractivity contribution in [2.75, 3.05) is 0 Å². The zero-order valence-electron chi connectivity index (χ0n) is 14.9. The molecule has 1 atom stereocenters. The summed E-state index contributed by atoms with van der Waals surface area (Å²) in [5.41, 5.74) is -0.109. The van der Waals surface area contributed by atoms with Crippen molar-refractivity contribution >= 4 is 0 Å². The lowest BCUT2D eigenvalue weighted by Gasteiger charge is -2.31. The van der Waals surface area contributed by atoms with Gasteiger partial charge in [0.25, 0.3) is 5.92 Å². The molecular formula is C20H28F4. The number of halogens is 4. The summed E-state index contributed by atoms with van der Waals surface area (Å²) >= 11 is 0. The van der Waals surface area contributed by atoms with Crippen LogP contribution in [0.5, 0.6) is 0 Å². The van der Waals surface area contributed by atoms with Crippen molar-refractivity contribution in [3.63, 3.8) is 0 Å². The molecule has 1 fully saturated rings. The van der Waals surface area contributed by atoms with Crippen molar-refractivity contribution in [1.82, 2.24) is 0 Å². The number of alkyl halides is 2. The van der Waals surface area contributed by atoms with E-state index < -0.39 is 29.0 Å². The summed E-state index contributed by atoms with van der Waals surface area (Å²) in [6.07, 6.45) is 5.80. The van der Waals surface area contributed by atoms with Crippen LogP contribution < -0.4 is 0 Å². The minimum absolute atomic E-state index is 0.0757. The molecule has 0 aliphatic heterocycles. The Bertz CT molecular complexity index is 559. The lowest BCUT2D eigenvalue weighted by molar-refractivity contribution is -0.0822. The van der Waals surface area contributed by atoms with Gasteiger partial charge in [-0.25, -0.2) is 17.6 Å². The Balaban J connectivity index is 0.00000100. The Kier molecular flexibility index (Phi) is 6.33. The number of benzene rings is 1. The average molecular weight is 344 g/mol. The monoisotopic (exact) mass is 344 g/mol. The molecule has 1 unspecified atom stereocenters. The smallest absolute Gasteiger partial charge is 0.203 e. The maximum Gasteiger partial charge on any atom is 0.279 e. The Labute approximate surface area is 142 Å². The Morgan fingerprint density at radius 3 is 2.25 bits per heavy atom. The highest BCUT2D eigenvalue weighted by molar-refractivity contribution is 5.42. The SMILES string of the molecule is CC.CCCc1cc2c(c(F)c1F)C(F)(F)C(C1CCCCC1)C2. The van der Waals surface area contributed by atoms with Crippen molar-refractivity contribution in [1.29, 1.82) is 0 Å². The molecule has 3 rings (SSSR count). The average Bonchev–Trinajstić information content (AvgIpc) is 2.86. The highest BCUT2D eigenvalue weighted by atomic mass is 19.3. The molecule has 0 aromatic heterocycles. The van der Waals surface area contributed by atoms with Crippen LogP contribution in [0, 0.1) is 23.5 Å². The van der Waals surface area contributed by atoms with Gasteiger partial charge in [0.05, 0.1) is 5.56 Å². The second kappa shape index (κ2) is 7.88. The van der Waals surface area contributed by atoms with Crippen LogP contribution in [0.4, 0.5) is 17.6 Å². The highest BCUT2D eigenvalue weighted by Gasteiger charge is 2.53. The summed E-state index contributed by atoms with van der Waals surface area (Å²) in [4.78, 5) is 0. The molecule has 0 amide bonds. The first-order valence-electron chi connectivity index (χ1n) is 9.34. The van der Waals surface area contributed by atoms with Crippen LogP contribution in [-0.4, -0.2) is 0 Å². The van der Waals surface area contributed by atoms with E-state index in [0.29, 0.717) is 18.4 Å². The molecule has 0 bridgehead atoms. The maximum atomic E-state index is 14.7. The van der Waals surface area contributed by atoms with Crippen LogP contribution >= 0.6 is 0 Å². The van der Waals surface area contributed by atoms with Crippen molar-refractivity contribution < 1.29 is 17.6 Å². The predicted octanol–water partition coefficient (Wildman–Crippen LogP) is 6.79. The van der Waals surface area contributed by atoms with Crippen LogP contribution in [0.3, 0.4) is 0 Å². The van der Waals surface area contributed by atoms with Crippen LogP contribution in [0.2, 0.25) is 0 Å². The van der Waals surface area contributed by atoms with Crippen LogP contribution in [-0.2, 0) is 18.8 Å². The van der Waals surface area contributed by atoms with Gasteiger partial charge in [-0.2, -0.15) is 0 Å². The highest BCUT2D eigenvalue weighted by Crippen LogP contribution is 2.53. The van der Waals surface area contributed by atoms with Gasteiger partial charge in [-0.3, -0.25) is 0 Å². The van der Waals surface area contributed by atoms with E-state index in [-0.39, 0.29) is 17.9 Å². The quantitative estimate of drug-likeness (QED) is 0.530. The Morgan fingerprint density at radius 1 is 1.04 bits per heavy atom. The van der Waals surface area contributed by atoms with E-state index >= 15 is 0 Å².